The van der Waals surface area contributed by atoms with Gasteiger partial charge in [0.2, 0.25) is 0 Å². The second-order valence-electron chi connectivity index (χ2n) is 2.80. The minimum Gasteiger partial charge on any atom is -0.378 e. The van der Waals surface area contributed by atoms with Crippen LogP contribution in [-0.2, 0) is 4.74 Å². The standard InChI is InChI=1S/C7H14O/c1-6(2)7-4-3-5-8-7/h6-7H,3-5H2,1-2H3/t7-/m0/s1. The second kappa shape index (κ2) is 2.49. The van der Waals surface area contributed by atoms with Gasteiger partial charge in [0, 0.05) is 6.61 Å². The first kappa shape index (κ1) is 6.09. The highest BCUT2D eigenvalue weighted by atomic mass is 16.5. The maximum Gasteiger partial charge on any atom is 0.0598 e. The van der Waals surface area contributed by atoms with Gasteiger partial charge < -0.3 is 4.74 Å². The van der Waals surface area contributed by atoms with Gasteiger partial charge in [-0.1, -0.05) is 13.8 Å². The monoisotopic (exact) mass is 114 g/mol. The molecule has 1 fully saturated rings. The first-order chi connectivity index (χ1) is 3.80. The third-order valence-corrected chi connectivity index (χ3v) is 1.71. The molecule has 0 aliphatic carbocycles. The van der Waals surface area contributed by atoms with Crippen molar-refractivity contribution in [3.63, 3.8) is 0 Å². The molecule has 1 heteroatoms. The molecule has 0 aromatic rings. The van der Waals surface area contributed by atoms with Crippen molar-refractivity contribution in [2.24, 2.45) is 5.92 Å². The fourth-order valence-corrected chi connectivity index (χ4v) is 1.13. The van der Waals surface area contributed by atoms with Gasteiger partial charge in [0.1, 0.15) is 0 Å². The maximum atomic E-state index is 5.41. The Hall–Kier alpha value is -0.0400. The molecule has 0 amide bonds. The predicted molar refractivity (Wildman–Crippen MR) is 33.8 cm³/mol. The van der Waals surface area contributed by atoms with Gasteiger partial charge in [-0.2, -0.15) is 0 Å². The predicted octanol–water partition coefficient (Wildman–Crippen LogP) is 1.82. The molecule has 48 valence electrons. The lowest BCUT2D eigenvalue weighted by Gasteiger charge is -2.11. The van der Waals surface area contributed by atoms with E-state index in [1.54, 1.807) is 0 Å². The minimum atomic E-state index is 0.565. The molecule has 1 nitrogen and oxygen atoms in total. The molecule has 0 spiro atoms. The quantitative estimate of drug-likeness (QED) is 0.505. The molecular weight excluding hydrogens is 100 g/mol. The lowest BCUT2D eigenvalue weighted by molar-refractivity contribution is 0.0758. The number of rotatable bonds is 1. The van der Waals surface area contributed by atoms with Crippen LogP contribution in [0.1, 0.15) is 26.7 Å². The summed E-state index contributed by atoms with van der Waals surface area (Å²) in [5.74, 6) is 0.720. The molecule has 1 atom stereocenters. The van der Waals surface area contributed by atoms with Gasteiger partial charge in [-0.25, -0.2) is 0 Å². The average Bonchev–Trinajstić information content (AvgIpc) is 2.12. The molecule has 1 saturated heterocycles. The van der Waals surface area contributed by atoms with Crippen LogP contribution in [0.5, 0.6) is 0 Å². The van der Waals surface area contributed by atoms with Gasteiger partial charge in [0.25, 0.3) is 0 Å². The largest absolute Gasteiger partial charge is 0.378 e. The number of ether oxygens (including phenoxy) is 1. The van der Waals surface area contributed by atoms with Gasteiger partial charge in [-0.15, -0.1) is 0 Å². The maximum absolute atomic E-state index is 5.41. The molecule has 0 aromatic carbocycles. The molecule has 1 heterocycles. The fourth-order valence-electron chi connectivity index (χ4n) is 1.13. The van der Waals surface area contributed by atoms with Gasteiger partial charge in [-0.3, -0.25) is 0 Å². The zero-order chi connectivity index (χ0) is 5.98. The van der Waals surface area contributed by atoms with Crippen molar-refractivity contribution in [1.29, 1.82) is 0 Å². The lowest BCUT2D eigenvalue weighted by Crippen LogP contribution is -2.12. The Balaban J connectivity index is 2.24. The van der Waals surface area contributed by atoms with Gasteiger partial charge in [0.05, 0.1) is 6.10 Å². The molecule has 0 aromatic heterocycles. The lowest BCUT2D eigenvalue weighted by atomic mass is 10.1. The number of hydrogen-bond acceptors (Lipinski definition) is 1. The summed E-state index contributed by atoms with van der Waals surface area (Å²) in [6.07, 6.45) is 3.11. The average molecular weight is 114 g/mol. The van der Waals surface area contributed by atoms with Crippen LogP contribution >= 0.6 is 0 Å². The molecule has 1 aliphatic rings. The summed E-state index contributed by atoms with van der Waals surface area (Å²) in [7, 11) is 0. The Kier molecular flexibility index (Phi) is 1.90. The summed E-state index contributed by atoms with van der Waals surface area (Å²) in [6.45, 7) is 5.43. The molecule has 0 bridgehead atoms. The first-order valence-corrected chi connectivity index (χ1v) is 3.42. The van der Waals surface area contributed by atoms with Crippen molar-refractivity contribution in [3.05, 3.63) is 0 Å². The first-order valence-electron chi connectivity index (χ1n) is 3.42. The Morgan fingerprint density at radius 2 is 2.25 bits per heavy atom. The van der Waals surface area contributed by atoms with Gasteiger partial charge in [0.15, 0.2) is 0 Å². The van der Waals surface area contributed by atoms with E-state index in [4.69, 9.17) is 4.74 Å². The summed E-state index contributed by atoms with van der Waals surface area (Å²) in [6, 6.07) is 0. The van der Waals surface area contributed by atoms with Crippen LogP contribution in [0.4, 0.5) is 0 Å². The van der Waals surface area contributed by atoms with Crippen molar-refractivity contribution >= 4 is 0 Å². The van der Waals surface area contributed by atoms with Crippen molar-refractivity contribution in [1.82, 2.24) is 0 Å². The SMILES string of the molecule is CC(C)[C@@H]1CCCO1. The number of hydrogen-bond donors (Lipinski definition) is 0. The van der Waals surface area contributed by atoms with Crippen molar-refractivity contribution < 1.29 is 4.74 Å². The molecule has 0 radical (unpaired) electrons. The summed E-state index contributed by atoms with van der Waals surface area (Å²) in [5, 5.41) is 0. The molecule has 0 unspecified atom stereocenters. The molecule has 1 rings (SSSR count). The second-order valence-corrected chi connectivity index (χ2v) is 2.80. The van der Waals surface area contributed by atoms with Crippen LogP contribution in [0.3, 0.4) is 0 Å². The Bertz CT molecular complexity index is 62.8. The Morgan fingerprint density at radius 3 is 2.50 bits per heavy atom. The third-order valence-electron chi connectivity index (χ3n) is 1.71. The highest BCUT2D eigenvalue weighted by molar-refractivity contribution is 4.67. The molecular formula is C7H14O. The van der Waals surface area contributed by atoms with Crippen LogP contribution in [-0.4, -0.2) is 12.7 Å². The third kappa shape index (κ3) is 1.22. The minimum absolute atomic E-state index is 0.565. The Labute approximate surface area is 51.0 Å². The van der Waals surface area contributed by atoms with E-state index in [0.717, 1.165) is 12.5 Å². The van der Waals surface area contributed by atoms with E-state index in [9.17, 15) is 0 Å². The van der Waals surface area contributed by atoms with Crippen LogP contribution in [0.2, 0.25) is 0 Å². The van der Waals surface area contributed by atoms with Crippen LogP contribution in [0.25, 0.3) is 0 Å². The van der Waals surface area contributed by atoms with Gasteiger partial charge >= 0.3 is 0 Å². The van der Waals surface area contributed by atoms with Crippen LogP contribution in [0, 0.1) is 5.92 Å². The molecule has 0 N–H and O–H groups in total. The smallest absolute Gasteiger partial charge is 0.0598 e. The zero-order valence-electron chi connectivity index (χ0n) is 5.68. The highest BCUT2D eigenvalue weighted by Gasteiger charge is 2.17. The van der Waals surface area contributed by atoms with E-state index < -0.39 is 0 Å². The van der Waals surface area contributed by atoms with Crippen molar-refractivity contribution in [3.8, 4) is 0 Å². The molecule has 0 saturated carbocycles. The molecule has 1 aliphatic heterocycles. The van der Waals surface area contributed by atoms with E-state index in [1.165, 1.54) is 12.8 Å². The van der Waals surface area contributed by atoms with E-state index in [-0.39, 0.29) is 0 Å². The van der Waals surface area contributed by atoms with E-state index in [0.29, 0.717) is 6.10 Å². The van der Waals surface area contributed by atoms with Crippen LogP contribution in [0.15, 0.2) is 0 Å². The topological polar surface area (TPSA) is 9.23 Å². The Morgan fingerprint density at radius 1 is 1.50 bits per heavy atom. The summed E-state index contributed by atoms with van der Waals surface area (Å²) in [4.78, 5) is 0. The van der Waals surface area contributed by atoms with Gasteiger partial charge in [-0.05, 0) is 18.8 Å². The van der Waals surface area contributed by atoms with Crippen LogP contribution < -0.4 is 0 Å². The normalized spacial score (nSPS) is 29.6. The summed E-state index contributed by atoms with van der Waals surface area (Å²) in [5.41, 5.74) is 0. The highest BCUT2D eigenvalue weighted by Crippen LogP contribution is 2.18. The van der Waals surface area contributed by atoms with E-state index in [1.807, 2.05) is 0 Å². The van der Waals surface area contributed by atoms with E-state index >= 15 is 0 Å². The van der Waals surface area contributed by atoms with Crippen molar-refractivity contribution in [2.45, 2.75) is 32.8 Å². The molecule has 8 heavy (non-hydrogen) atoms. The van der Waals surface area contributed by atoms with Crippen molar-refractivity contribution in [2.75, 3.05) is 6.61 Å². The summed E-state index contributed by atoms with van der Waals surface area (Å²) < 4.78 is 5.41. The zero-order valence-corrected chi connectivity index (χ0v) is 5.68. The van der Waals surface area contributed by atoms with E-state index in [2.05, 4.69) is 13.8 Å². The fraction of sp³-hybridized carbons (Fsp3) is 1.00. The summed E-state index contributed by atoms with van der Waals surface area (Å²) >= 11 is 0.